The van der Waals surface area contributed by atoms with Crippen LogP contribution < -0.4 is 15.2 Å². The standard InChI is InChI=1S/C22H21NO2/c1-24-19-8-5-9-20-21(19)17-11-10-15(12-13-23)14-18(17)22(25-20)16-6-3-2-4-7-16/h2-11,14,22H,12-13,23H2,1H3. The van der Waals surface area contributed by atoms with E-state index in [1.54, 1.807) is 7.11 Å². The van der Waals surface area contributed by atoms with E-state index in [0.29, 0.717) is 6.54 Å². The van der Waals surface area contributed by atoms with Gasteiger partial charge >= 0.3 is 0 Å². The number of nitrogens with two attached hydrogens (primary N) is 1. The number of hydrogen-bond acceptors (Lipinski definition) is 3. The molecule has 0 saturated carbocycles. The van der Waals surface area contributed by atoms with Crippen LogP contribution >= 0.6 is 0 Å². The molecule has 4 rings (SSSR count). The molecule has 1 heterocycles. The van der Waals surface area contributed by atoms with Gasteiger partial charge in [0.2, 0.25) is 0 Å². The molecule has 2 N–H and O–H groups in total. The van der Waals surface area contributed by atoms with Crippen LogP contribution in [0.1, 0.15) is 22.8 Å². The molecule has 0 radical (unpaired) electrons. The van der Waals surface area contributed by atoms with Gasteiger partial charge in [-0.25, -0.2) is 0 Å². The predicted octanol–water partition coefficient (Wildman–Crippen LogP) is 4.35. The van der Waals surface area contributed by atoms with Crippen LogP contribution in [0.15, 0.2) is 66.7 Å². The fourth-order valence-corrected chi connectivity index (χ4v) is 3.49. The first-order valence-corrected chi connectivity index (χ1v) is 8.53. The van der Waals surface area contributed by atoms with Crippen LogP contribution in [0.4, 0.5) is 0 Å². The van der Waals surface area contributed by atoms with Crippen molar-refractivity contribution in [3.8, 4) is 22.6 Å². The van der Waals surface area contributed by atoms with Crippen LogP contribution in [0, 0.1) is 0 Å². The third-order valence-corrected chi connectivity index (χ3v) is 4.66. The van der Waals surface area contributed by atoms with Crippen LogP contribution in [0.5, 0.6) is 11.5 Å². The average Bonchev–Trinajstić information content (AvgIpc) is 2.67. The van der Waals surface area contributed by atoms with E-state index in [4.69, 9.17) is 15.2 Å². The van der Waals surface area contributed by atoms with Crippen LogP contribution in [-0.2, 0) is 6.42 Å². The van der Waals surface area contributed by atoms with Crippen molar-refractivity contribution < 1.29 is 9.47 Å². The Labute approximate surface area is 148 Å². The van der Waals surface area contributed by atoms with Gasteiger partial charge in [-0.2, -0.15) is 0 Å². The normalized spacial score (nSPS) is 15.0. The van der Waals surface area contributed by atoms with Gasteiger partial charge in [0.15, 0.2) is 0 Å². The van der Waals surface area contributed by atoms with Gasteiger partial charge in [0.05, 0.1) is 12.7 Å². The molecule has 3 heteroatoms. The number of fused-ring (bicyclic) bond motifs is 3. The lowest BCUT2D eigenvalue weighted by atomic mass is 9.87. The van der Waals surface area contributed by atoms with E-state index in [-0.39, 0.29) is 6.10 Å². The summed E-state index contributed by atoms with van der Waals surface area (Å²) in [6.45, 7) is 0.634. The monoisotopic (exact) mass is 331 g/mol. The Kier molecular flexibility index (Phi) is 4.16. The zero-order valence-corrected chi connectivity index (χ0v) is 14.2. The third-order valence-electron chi connectivity index (χ3n) is 4.66. The molecular formula is C22H21NO2. The number of hydrogen-bond donors (Lipinski definition) is 1. The van der Waals surface area contributed by atoms with Gasteiger partial charge in [-0.05, 0) is 41.8 Å². The third kappa shape index (κ3) is 2.77. The highest BCUT2D eigenvalue weighted by Gasteiger charge is 2.29. The first-order valence-electron chi connectivity index (χ1n) is 8.53. The molecule has 1 unspecified atom stereocenters. The quantitative estimate of drug-likeness (QED) is 0.773. The van der Waals surface area contributed by atoms with Crippen molar-refractivity contribution in [2.45, 2.75) is 12.5 Å². The van der Waals surface area contributed by atoms with Crippen molar-refractivity contribution >= 4 is 0 Å². The highest BCUT2D eigenvalue weighted by atomic mass is 16.5. The molecule has 3 aromatic rings. The second kappa shape index (κ2) is 6.61. The summed E-state index contributed by atoms with van der Waals surface area (Å²) >= 11 is 0. The zero-order valence-electron chi connectivity index (χ0n) is 14.2. The summed E-state index contributed by atoms with van der Waals surface area (Å²) in [7, 11) is 1.70. The van der Waals surface area contributed by atoms with Gasteiger partial charge in [-0.3, -0.25) is 0 Å². The Bertz CT molecular complexity index is 890. The first-order chi connectivity index (χ1) is 12.3. The molecule has 0 spiro atoms. The van der Waals surface area contributed by atoms with Gasteiger partial charge in [0, 0.05) is 5.56 Å². The summed E-state index contributed by atoms with van der Waals surface area (Å²) in [5.74, 6) is 1.68. The van der Waals surface area contributed by atoms with Crippen LogP contribution in [-0.4, -0.2) is 13.7 Å². The summed E-state index contributed by atoms with van der Waals surface area (Å²) in [6.07, 6.45) is 0.724. The fraction of sp³-hybridized carbons (Fsp3) is 0.182. The zero-order chi connectivity index (χ0) is 17.2. The van der Waals surface area contributed by atoms with Crippen molar-refractivity contribution in [2.24, 2.45) is 5.73 Å². The van der Waals surface area contributed by atoms with Gasteiger partial charge in [0.25, 0.3) is 0 Å². The van der Waals surface area contributed by atoms with Crippen LogP contribution in [0.25, 0.3) is 11.1 Å². The number of benzene rings is 3. The summed E-state index contributed by atoms with van der Waals surface area (Å²) in [5.41, 5.74) is 11.5. The molecule has 0 aliphatic carbocycles. The lowest BCUT2D eigenvalue weighted by molar-refractivity contribution is 0.242. The van der Waals surface area contributed by atoms with Gasteiger partial charge in [-0.15, -0.1) is 0 Å². The molecule has 3 nitrogen and oxygen atoms in total. The molecular weight excluding hydrogens is 310 g/mol. The molecule has 0 bridgehead atoms. The number of rotatable bonds is 4. The smallest absolute Gasteiger partial charge is 0.149 e. The summed E-state index contributed by atoms with van der Waals surface area (Å²) < 4.78 is 12.0. The minimum atomic E-state index is -0.131. The highest BCUT2D eigenvalue weighted by Crippen LogP contribution is 2.48. The molecule has 0 amide bonds. The summed E-state index contributed by atoms with van der Waals surface area (Å²) in [6, 6.07) is 22.8. The van der Waals surface area contributed by atoms with Crippen molar-refractivity contribution in [3.63, 3.8) is 0 Å². The fourth-order valence-electron chi connectivity index (χ4n) is 3.49. The second-order valence-corrected chi connectivity index (χ2v) is 6.20. The minimum absolute atomic E-state index is 0.131. The SMILES string of the molecule is COc1cccc2c1-c1ccc(CCN)cc1C(c1ccccc1)O2. The number of methoxy groups -OCH3 is 1. The van der Waals surface area contributed by atoms with E-state index >= 15 is 0 Å². The molecule has 1 atom stereocenters. The van der Waals surface area contributed by atoms with Crippen molar-refractivity contribution in [3.05, 3.63) is 83.4 Å². The van der Waals surface area contributed by atoms with E-state index in [9.17, 15) is 0 Å². The van der Waals surface area contributed by atoms with E-state index in [2.05, 4.69) is 30.3 Å². The molecule has 126 valence electrons. The van der Waals surface area contributed by atoms with Crippen LogP contribution in [0.3, 0.4) is 0 Å². The Morgan fingerprint density at radius 3 is 2.60 bits per heavy atom. The van der Waals surface area contributed by atoms with Crippen molar-refractivity contribution in [2.75, 3.05) is 13.7 Å². The molecule has 1 aliphatic heterocycles. The maximum Gasteiger partial charge on any atom is 0.149 e. The van der Waals surface area contributed by atoms with Crippen LogP contribution in [0.2, 0.25) is 0 Å². The topological polar surface area (TPSA) is 44.5 Å². The second-order valence-electron chi connectivity index (χ2n) is 6.20. The molecule has 3 aromatic carbocycles. The lowest BCUT2D eigenvalue weighted by Gasteiger charge is -2.30. The van der Waals surface area contributed by atoms with Gasteiger partial charge in [-0.1, -0.05) is 54.6 Å². The Morgan fingerprint density at radius 1 is 1.00 bits per heavy atom. The Morgan fingerprint density at radius 2 is 1.84 bits per heavy atom. The van der Waals surface area contributed by atoms with E-state index < -0.39 is 0 Å². The maximum atomic E-state index is 6.41. The molecule has 0 fully saturated rings. The predicted molar refractivity (Wildman–Crippen MR) is 100 cm³/mol. The molecule has 0 saturated heterocycles. The molecule has 1 aliphatic rings. The van der Waals surface area contributed by atoms with Crippen molar-refractivity contribution in [1.29, 1.82) is 0 Å². The minimum Gasteiger partial charge on any atom is -0.496 e. The average molecular weight is 331 g/mol. The largest absolute Gasteiger partial charge is 0.496 e. The van der Waals surface area contributed by atoms with E-state index in [1.807, 2.05) is 36.4 Å². The lowest BCUT2D eigenvalue weighted by Crippen LogP contribution is -2.16. The Hall–Kier alpha value is -2.78. The Balaban J connectivity index is 1.93. The van der Waals surface area contributed by atoms with Crippen molar-refractivity contribution in [1.82, 2.24) is 0 Å². The highest BCUT2D eigenvalue weighted by molar-refractivity contribution is 5.82. The number of ether oxygens (including phenoxy) is 2. The summed E-state index contributed by atoms with van der Waals surface area (Å²) in [5, 5.41) is 0. The first kappa shape index (κ1) is 15.7. The summed E-state index contributed by atoms with van der Waals surface area (Å²) in [4.78, 5) is 0. The van der Waals surface area contributed by atoms with Gasteiger partial charge < -0.3 is 15.2 Å². The van der Waals surface area contributed by atoms with E-state index in [0.717, 1.165) is 40.2 Å². The molecule has 25 heavy (non-hydrogen) atoms. The van der Waals surface area contributed by atoms with E-state index in [1.165, 1.54) is 5.56 Å². The van der Waals surface area contributed by atoms with Gasteiger partial charge in [0.1, 0.15) is 17.6 Å². The molecule has 0 aromatic heterocycles. The maximum absolute atomic E-state index is 6.41.